The van der Waals surface area contributed by atoms with Crippen molar-refractivity contribution in [2.45, 2.75) is 19.8 Å². The molecule has 1 unspecified atom stereocenters. The van der Waals surface area contributed by atoms with E-state index in [0.717, 1.165) is 4.47 Å². The Balaban J connectivity index is 2.21. The van der Waals surface area contributed by atoms with Gasteiger partial charge in [0.25, 0.3) is 0 Å². The summed E-state index contributed by atoms with van der Waals surface area (Å²) in [4.78, 5) is 0. The van der Waals surface area contributed by atoms with E-state index >= 15 is 0 Å². The average Bonchev–Trinajstić information content (AvgIpc) is 2.71. The van der Waals surface area contributed by atoms with E-state index in [2.05, 4.69) is 78.3 Å². The molecule has 0 amide bonds. The molecule has 0 fully saturated rings. The topological polar surface area (TPSA) is 0 Å². The Morgan fingerprint density at radius 1 is 1.06 bits per heavy atom. The predicted molar refractivity (Wildman–Crippen MR) is 81.8 cm³/mol. The van der Waals surface area contributed by atoms with Gasteiger partial charge >= 0.3 is 0 Å². The van der Waals surface area contributed by atoms with Crippen LogP contribution in [0.5, 0.6) is 0 Å². The zero-order chi connectivity index (χ0) is 12.7. The highest BCUT2D eigenvalue weighted by Gasteiger charge is 2.18. The monoisotopic (exact) mass is 298 g/mol. The van der Waals surface area contributed by atoms with Crippen LogP contribution in [0, 0.1) is 6.92 Å². The summed E-state index contributed by atoms with van der Waals surface area (Å²) in [5, 5.41) is 0. The highest BCUT2D eigenvalue weighted by Crippen LogP contribution is 2.39. The molecule has 0 nitrogen and oxygen atoms in total. The lowest BCUT2D eigenvalue weighted by molar-refractivity contribution is 0.992. The lowest BCUT2D eigenvalue weighted by atomic mass is 9.91. The van der Waals surface area contributed by atoms with E-state index in [1.807, 2.05) is 0 Å². The normalized spacial score (nSPS) is 16.9. The van der Waals surface area contributed by atoms with E-state index in [9.17, 15) is 0 Å². The first kappa shape index (κ1) is 11.7. The maximum atomic E-state index is 3.61. The number of hydrogen-bond donors (Lipinski definition) is 0. The van der Waals surface area contributed by atoms with Gasteiger partial charge in [0.2, 0.25) is 0 Å². The molecule has 1 aliphatic rings. The number of hydrogen-bond acceptors (Lipinski definition) is 0. The molecule has 0 radical (unpaired) electrons. The molecule has 0 bridgehead atoms. The Morgan fingerprint density at radius 3 is 2.50 bits per heavy atom. The van der Waals surface area contributed by atoms with E-state index in [4.69, 9.17) is 0 Å². The largest absolute Gasteiger partial charge is 0.0766 e. The maximum Gasteiger partial charge on any atom is 0.0187 e. The zero-order valence-electron chi connectivity index (χ0n) is 10.6. The first-order valence-electron chi connectivity index (χ1n) is 6.24. The molecule has 0 aromatic heterocycles. The van der Waals surface area contributed by atoms with Crippen LogP contribution in [0.2, 0.25) is 0 Å². The number of rotatable bonds is 1. The van der Waals surface area contributed by atoms with Gasteiger partial charge in [-0.05, 0) is 41.3 Å². The van der Waals surface area contributed by atoms with Crippen LogP contribution < -0.4 is 0 Å². The van der Waals surface area contributed by atoms with Gasteiger partial charge in [-0.25, -0.2) is 0 Å². The summed E-state index contributed by atoms with van der Waals surface area (Å²) in [6, 6.07) is 13.2. The average molecular weight is 299 g/mol. The molecule has 0 saturated heterocycles. The van der Waals surface area contributed by atoms with Crippen molar-refractivity contribution in [3.8, 4) is 11.1 Å². The van der Waals surface area contributed by atoms with Crippen LogP contribution in [0.25, 0.3) is 17.2 Å². The van der Waals surface area contributed by atoms with Gasteiger partial charge in [-0.3, -0.25) is 0 Å². The highest BCUT2D eigenvalue weighted by atomic mass is 79.9. The molecular formula is C17H15Br. The van der Waals surface area contributed by atoms with Crippen molar-refractivity contribution < 1.29 is 0 Å². The molecule has 90 valence electrons. The summed E-state index contributed by atoms with van der Waals surface area (Å²) < 4.78 is 1.15. The summed E-state index contributed by atoms with van der Waals surface area (Å²) in [5.41, 5.74) is 6.73. The first-order valence-corrected chi connectivity index (χ1v) is 7.03. The summed E-state index contributed by atoms with van der Waals surface area (Å²) >= 11 is 3.61. The van der Waals surface area contributed by atoms with Crippen LogP contribution >= 0.6 is 15.9 Å². The summed E-state index contributed by atoms with van der Waals surface area (Å²) in [6.07, 6.45) is 4.50. The van der Waals surface area contributed by atoms with Crippen LogP contribution in [0.3, 0.4) is 0 Å². The number of benzene rings is 2. The second-order valence-corrected chi connectivity index (χ2v) is 5.89. The number of aryl methyl sites for hydroxylation is 1. The molecule has 0 heterocycles. The van der Waals surface area contributed by atoms with E-state index in [-0.39, 0.29) is 0 Å². The quantitative estimate of drug-likeness (QED) is 0.647. The molecule has 0 spiro atoms. The number of allylic oxidation sites excluding steroid dienone is 1. The van der Waals surface area contributed by atoms with Gasteiger partial charge < -0.3 is 0 Å². The van der Waals surface area contributed by atoms with Gasteiger partial charge in [-0.2, -0.15) is 0 Å². The van der Waals surface area contributed by atoms with Crippen molar-refractivity contribution in [2.75, 3.05) is 0 Å². The Morgan fingerprint density at radius 2 is 1.78 bits per heavy atom. The van der Waals surface area contributed by atoms with Gasteiger partial charge in [0.15, 0.2) is 0 Å². The molecule has 2 aromatic carbocycles. The number of fused-ring (bicyclic) bond motifs is 1. The Bertz CT molecular complexity index is 621. The second kappa shape index (κ2) is 4.40. The smallest absolute Gasteiger partial charge is 0.0187 e. The van der Waals surface area contributed by atoms with E-state index in [1.165, 1.54) is 27.8 Å². The van der Waals surface area contributed by atoms with E-state index < -0.39 is 0 Å². The zero-order valence-corrected chi connectivity index (χ0v) is 12.2. The molecule has 0 saturated carbocycles. The Hall–Kier alpha value is -1.34. The van der Waals surface area contributed by atoms with Gasteiger partial charge in [-0.1, -0.05) is 64.8 Å². The lowest BCUT2D eigenvalue weighted by Gasteiger charge is -2.14. The molecule has 3 rings (SSSR count). The standard InChI is InChI=1S/C17H15Br/c1-11-3-6-13(7-4-11)16-10-15(18)9-14-8-5-12(2)17(14)16/h3-10,12H,1-2H3. The maximum absolute atomic E-state index is 3.61. The molecule has 0 N–H and O–H groups in total. The fourth-order valence-corrected chi connectivity index (χ4v) is 3.08. The van der Waals surface area contributed by atoms with Crippen LogP contribution in [-0.4, -0.2) is 0 Å². The van der Waals surface area contributed by atoms with Crippen molar-refractivity contribution >= 4 is 22.0 Å². The number of halogens is 1. The summed E-state index contributed by atoms with van der Waals surface area (Å²) in [5.74, 6) is 0.504. The third-order valence-corrected chi connectivity index (χ3v) is 4.02. The van der Waals surface area contributed by atoms with Gasteiger partial charge in [0.1, 0.15) is 0 Å². The molecule has 0 aliphatic heterocycles. The minimum Gasteiger partial charge on any atom is -0.0766 e. The van der Waals surface area contributed by atoms with Crippen LogP contribution in [0.4, 0.5) is 0 Å². The summed E-state index contributed by atoms with van der Waals surface area (Å²) in [7, 11) is 0. The minimum atomic E-state index is 0.504. The Labute approximate surface area is 116 Å². The van der Waals surface area contributed by atoms with Crippen LogP contribution in [0.1, 0.15) is 29.5 Å². The molecule has 1 atom stereocenters. The summed E-state index contributed by atoms with van der Waals surface area (Å²) in [6.45, 7) is 4.38. The third kappa shape index (κ3) is 1.93. The van der Waals surface area contributed by atoms with Crippen molar-refractivity contribution in [3.63, 3.8) is 0 Å². The molecular weight excluding hydrogens is 284 g/mol. The SMILES string of the molecule is Cc1ccc(-c2cc(Br)cc3c2C(C)C=C3)cc1. The third-order valence-electron chi connectivity index (χ3n) is 3.56. The highest BCUT2D eigenvalue weighted by molar-refractivity contribution is 9.10. The Kier molecular flexibility index (Phi) is 2.87. The van der Waals surface area contributed by atoms with Gasteiger partial charge in [0, 0.05) is 10.4 Å². The van der Waals surface area contributed by atoms with Crippen LogP contribution in [0.15, 0.2) is 46.9 Å². The molecule has 18 heavy (non-hydrogen) atoms. The lowest BCUT2D eigenvalue weighted by Crippen LogP contribution is -1.93. The molecule has 1 aliphatic carbocycles. The first-order chi connectivity index (χ1) is 8.65. The van der Waals surface area contributed by atoms with Crippen molar-refractivity contribution in [2.24, 2.45) is 0 Å². The molecule has 1 heteroatoms. The van der Waals surface area contributed by atoms with E-state index in [0.29, 0.717) is 5.92 Å². The predicted octanol–water partition coefficient (Wildman–Crippen LogP) is 5.55. The van der Waals surface area contributed by atoms with Gasteiger partial charge in [-0.15, -0.1) is 0 Å². The minimum absolute atomic E-state index is 0.504. The van der Waals surface area contributed by atoms with Crippen molar-refractivity contribution in [3.05, 3.63) is 63.6 Å². The van der Waals surface area contributed by atoms with E-state index in [1.54, 1.807) is 0 Å². The fourth-order valence-electron chi connectivity index (χ4n) is 2.60. The van der Waals surface area contributed by atoms with Crippen molar-refractivity contribution in [1.82, 2.24) is 0 Å². The van der Waals surface area contributed by atoms with Gasteiger partial charge in [0.05, 0.1) is 0 Å². The molecule has 2 aromatic rings. The fraction of sp³-hybridized carbons (Fsp3) is 0.176. The second-order valence-electron chi connectivity index (χ2n) is 4.97. The van der Waals surface area contributed by atoms with Crippen molar-refractivity contribution in [1.29, 1.82) is 0 Å². The van der Waals surface area contributed by atoms with Crippen LogP contribution in [-0.2, 0) is 0 Å².